The van der Waals surface area contributed by atoms with Gasteiger partial charge >= 0.3 is 0 Å². The van der Waals surface area contributed by atoms with Gasteiger partial charge in [-0.3, -0.25) is 4.79 Å². The fourth-order valence-electron chi connectivity index (χ4n) is 10.2. The molecule has 0 aromatic carbocycles. The molecule has 1 rings (SSSR count). The smallest absolute Gasteiger partial charge is 0.220 e. The highest BCUT2D eigenvalue weighted by Crippen LogP contribution is 2.24. The van der Waals surface area contributed by atoms with Crippen LogP contribution in [-0.2, 0) is 14.3 Å². The van der Waals surface area contributed by atoms with Gasteiger partial charge in [0.05, 0.1) is 25.4 Å². The van der Waals surface area contributed by atoms with Crippen LogP contribution in [0.5, 0.6) is 0 Å². The second-order valence-electron chi connectivity index (χ2n) is 21.5. The lowest BCUT2D eigenvalue weighted by atomic mass is 9.99. The van der Waals surface area contributed by atoms with Gasteiger partial charge in [0.2, 0.25) is 5.91 Å². The molecule has 7 unspecified atom stereocenters. The summed E-state index contributed by atoms with van der Waals surface area (Å²) in [6.45, 7) is 3.87. The second-order valence-corrected chi connectivity index (χ2v) is 21.5. The van der Waals surface area contributed by atoms with E-state index >= 15 is 0 Å². The van der Waals surface area contributed by atoms with E-state index in [9.17, 15) is 30.3 Å². The summed E-state index contributed by atoms with van der Waals surface area (Å²) in [5.41, 5.74) is 0. The lowest BCUT2D eigenvalue weighted by Crippen LogP contribution is -2.60. The summed E-state index contributed by atoms with van der Waals surface area (Å²) < 4.78 is 11.3. The minimum atomic E-state index is -1.55. The molecule has 1 saturated heterocycles. The lowest BCUT2D eigenvalue weighted by molar-refractivity contribution is -0.302. The predicted molar refractivity (Wildman–Crippen MR) is 286 cm³/mol. The highest BCUT2D eigenvalue weighted by atomic mass is 16.7. The zero-order valence-corrected chi connectivity index (χ0v) is 45.2. The Kier molecular flexibility index (Phi) is 47.7. The molecule has 1 heterocycles. The molecule has 1 amide bonds. The third-order valence-corrected chi connectivity index (χ3v) is 15.0. The van der Waals surface area contributed by atoms with Gasteiger partial charge in [0, 0.05) is 6.42 Å². The number of ether oxygens (including phenoxy) is 2. The fourth-order valence-corrected chi connectivity index (χ4v) is 10.2. The Bertz CT molecular complexity index is 1030. The molecule has 6 N–H and O–H groups in total. The topological polar surface area (TPSA) is 149 Å². The third-order valence-electron chi connectivity index (χ3n) is 15.0. The molecular formula is C59H117NO8. The first-order valence-electron chi connectivity index (χ1n) is 30.2. The van der Waals surface area contributed by atoms with Crippen LogP contribution in [0.15, 0.2) is 0 Å². The highest BCUT2D eigenvalue weighted by Gasteiger charge is 2.44. The molecule has 1 aliphatic rings. The van der Waals surface area contributed by atoms with E-state index in [1.807, 2.05) is 0 Å². The molecule has 0 aromatic heterocycles. The van der Waals surface area contributed by atoms with Crippen LogP contribution >= 0.6 is 0 Å². The van der Waals surface area contributed by atoms with Crippen molar-refractivity contribution >= 4 is 5.91 Å². The Hall–Kier alpha value is -0.810. The summed E-state index contributed by atoms with van der Waals surface area (Å²) in [4.78, 5) is 13.1. The average Bonchev–Trinajstić information content (AvgIpc) is 3.34. The minimum absolute atomic E-state index is 0.131. The van der Waals surface area contributed by atoms with Gasteiger partial charge in [0.1, 0.15) is 24.4 Å². The highest BCUT2D eigenvalue weighted by molar-refractivity contribution is 5.76. The first-order valence-corrected chi connectivity index (χ1v) is 30.2. The van der Waals surface area contributed by atoms with Gasteiger partial charge in [0.25, 0.3) is 0 Å². The predicted octanol–water partition coefficient (Wildman–Crippen LogP) is 15.0. The fraction of sp³-hybridized carbons (Fsp3) is 0.983. The van der Waals surface area contributed by atoms with Crippen molar-refractivity contribution in [2.75, 3.05) is 13.2 Å². The summed E-state index contributed by atoms with van der Waals surface area (Å²) in [6, 6.07) is -0.712. The van der Waals surface area contributed by atoms with Crippen molar-refractivity contribution < 1.29 is 39.8 Å². The lowest BCUT2D eigenvalue weighted by Gasteiger charge is -2.40. The number of carbonyl (C=O) groups is 1. The van der Waals surface area contributed by atoms with Crippen LogP contribution in [0, 0.1) is 0 Å². The van der Waals surface area contributed by atoms with Gasteiger partial charge in [0.15, 0.2) is 6.29 Å². The quantitative estimate of drug-likeness (QED) is 0.0330. The molecule has 1 aliphatic heterocycles. The molecular weight excluding hydrogens is 851 g/mol. The molecule has 0 spiro atoms. The normalized spacial score (nSPS) is 19.4. The standard InChI is InChI=1S/C59H117NO8/c1-3-5-7-9-11-13-15-17-18-19-20-21-22-23-24-25-26-27-28-29-30-31-32-33-34-35-37-39-41-43-45-47-49-55(63)60-52(51-67-59-58(66)57(65)56(64)54(50-61)68-59)53(62)48-46-44-42-40-38-36-16-14-12-10-8-6-4-2/h52-54,56-59,61-62,64-66H,3-51H2,1-2H3,(H,60,63). The molecule has 406 valence electrons. The van der Waals surface area contributed by atoms with Gasteiger partial charge in [-0.2, -0.15) is 0 Å². The molecule has 0 aromatic rings. The number of hydrogen-bond acceptors (Lipinski definition) is 8. The van der Waals surface area contributed by atoms with E-state index < -0.39 is 49.5 Å². The second kappa shape index (κ2) is 49.8. The molecule has 9 heteroatoms. The van der Waals surface area contributed by atoms with Crippen molar-refractivity contribution in [3.05, 3.63) is 0 Å². The number of nitrogens with one attached hydrogen (secondary N) is 1. The van der Waals surface area contributed by atoms with E-state index in [4.69, 9.17) is 9.47 Å². The SMILES string of the molecule is CCCCCCCCCCCCCCCCCCCCCCCCCCCCCCCCCCC(=O)NC(COC1OC(CO)C(O)C(O)C1O)C(O)CCCCCCCCCCCCCCC. The van der Waals surface area contributed by atoms with E-state index in [1.54, 1.807) is 0 Å². The number of carbonyl (C=O) groups excluding carboxylic acids is 1. The van der Waals surface area contributed by atoms with E-state index in [0.717, 1.165) is 38.5 Å². The van der Waals surface area contributed by atoms with Crippen LogP contribution in [-0.4, -0.2) is 87.5 Å². The van der Waals surface area contributed by atoms with Gasteiger partial charge in [-0.25, -0.2) is 0 Å². The largest absolute Gasteiger partial charge is 0.394 e. The van der Waals surface area contributed by atoms with Crippen molar-refractivity contribution in [1.82, 2.24) is 5.32 Å². The molecule has 7 atom stereocenters. The van der Waals surface area contributed by atoms with Crippen molar-refractivity contribution in [3.8, 4) is 0 Å². The van der Waals surface area contributed by atoms with Crippen LogP contribution in [0.4, 0.5) is 0 Å². The van der Waals surface area contributed by atoms with E-state index in [1.165, 1.54) is 250 Å². The summed E-state index contributed by atoms with van der Waals surface area (Å²) in [5, 5.41) is 54.6. The van der Waals surface area contributed by atoms with E-state index in [2.05, 4.69) is 19.2 Å². The van der Waals surface area contributed by atoms with Gasteiger partial charge < -0.3 is 40.3 Å². The van der Waals surface area contributed by atoms with Crippen molar-refractivity contribution in [2.24, 2.45) is 0 Å². The van der Waals surface area contributed by atoms with Crippen LogP contribution < -0.4 is 5.32 Å². The van der Waals surface area contributed by atoms with E-state index in [0.29, 0.717) is 12.8 Å². The monoisotopic (exact) mass is 968 g/mol. The van der Waals surface area contributed by atoms with Crippen LogP contribution in [0.2, 0.25) is 0 Å². The Morgan fingerprint density at radius 3 is 1.04 bits per heavy atom. The van der Waals surface area contributed by atoms with Crippen LogP contribution in [0.1, 0.15) is 316 Å². The van der Waals surface area contributed by atoms with Gasteiger partial charge in [-0.15, -0.1) is 0 Å². The first kappa shape index (κ1) is 65.2. The van der Waals surface area contributed by atoms with Crippen LogP contribution in [0.25, 0.3) is 0 Å². The summed E-state index contributed by atoms with van der Waals surface area (Å²) >= 11 is 0. The molecule has 0 aliphatic carbocycles. The maximum atomic E-state index is 13.1. The Balaban J connectivity index is 2.07. The maximum Gasteiger partial charge on any atom is 0.220 e. The van der Waals surface area contributed by atoms with Crippen molar-refractivity contribution in [2.45, 2.75) is 358 Å². The number of rotatable bonds is 53. The molecule has 0 radical (unpaired) electrons. The van der Waals surface area contributed by atoms with Gasteiger partial charge in [-0.05, 0) is 12.8 Å². The number of unbranched alkanes of at least 4 members (excludes halogenated alkanes) is 43. The van der Waals surface area contributed by atoms with Crippen molar-refractivity contribution in [1.29, 1.82) is 0 Å². The summed E-state index contributed by atoms with van der Waals surface area (Å²) in [5.74, 6) is -0.137. The molecule has 68 heavy (non-hydrogen) atoms. The summed E-state index contributed by atoms with van der Waals surface area (Å²) in [7, 11) is 0. The van der Waals surface area contributed by atoms with E-state index in [-0.39, 0.29) is 12.5 Å². The number of aliphatic hydroxyl groups is 5. The summed E-state index contributed by atoms with van der Waals surface area (Å²) in [6.07, 6.45) is 53.0. The Morgan fingerprint density at radius 2 is 0.735 bits per heavy atom. The van der Waals surface area contributed by atoms with Gasteiger partial charge in [-0.1, -0.05) is 296 Å². The Morgan fingerprint density at radius 1 is 0.441 bits per heavy atom. The minimum Gasteiger partial charge on any atom is -0.394 e. The number of amides is 1. The zero-order valence-electron chi connectivity index (χ0n) is 45.2. The van der Waals surface area contributed by atoms with Crippen LogP contribution in [0.3, 0.4) is 0 Å². The first-order chi connectivity index (χ1) is 33.3. The molecule has 1 fully saturated rings. The Labute approximate surface area is 421 Å². The average molecular weight is 969 g/mol. The molecule has 0 bridgehead atoms. The number of hydrogen-bond donors (Lipinski definition) is 6. The third kappa shape index (κ3) is 38.8. The zero-order chi connectivity index (χ0) is 49.4. The molecule has 0 saturated carbocycles. The maximum absolute atomic E-state index is 13.1. The number of aliphatic hydroxyl groups excluding tert-OH is 5. The van der Waals surface area contributed by atoms with Crippen molar-refractivity contribution in [3.63, 3.8) is 0 Å². The molecule has 9 nitrogen and oxygen atoms in total.